The smallest absolute Gasteiger partial charge is 0.235 e. The Balaban J connectivity index is 3.12. The average molecular weight is 310 g/mol. The Hall–Kier alpha value is -1.49. The molecule has 2 N–H and O–H groups in total. The van der Waals surface area contributed by atoms with E-state index in [1.807, 2.05) is 13.8 Å². The normalized spacial score (nSPS) is 12.8. The Morgan fingerprint density at radius 2 is 1.90 bits per heavy atom. The highest BCUT2D eigenvalue weighted by Gasteiger charge is 2.41. The van der Waals surface area contributed by atoms with E-state index in [-0.39, 0.29) is 22.8 Å². The molecule has 0 aliphatic carbocycles. The Bertz CT molecular complexity index is 529. The van der Waals surface area contributed by atoms with Crippen molar-refractivity contribution in [3.05, 3.63) is 35.6 Å². The summed E-state index contributed by atoms with van der Waals surface area (Å²) in [7, 11) is 1.66. The number of carbonyl (C=O) groups excluding carboxylic acids is 1. The lowest BCUT2D eigenvalue weighted by Crippen LogP contribution is -2.49. The summed E-state index contributed by atoms with van der Waals surface area (Å²) in [5.41, 5.74) is 5.44. The van der Waals surface area contributed by atoms with Crippen molar-refractivity contribution in [3.63, 3.8) is 0 Å². The largest absolute Gasteiger partial charge is 0.392 e. The number of nitrogens with zero attached hydrogens (tertiary/aromatic N) is 1. The second-order valence-corrected chi connectivity index (χ2v) is 5.71. The SMILES string of the molecule is CCC(CC)(C(=O)N(C)C(C)c1ccccc1F)C(N)=S. The molecule has 0 aliphatic rings. The van der Waals surface area contributed by atoms with Crippen LogP contribution in [0.1, 0.15) is 45.2 Å². The van der Waals surface area contributed by atoms with E-state index in [1.54, 1.807) is 32.2 Å². The summed E-state index contributed by atoms with van der Waals surface area (Å²) < 4.78 is 13.9. The number of thiocarbonyl (C=S) groups is 1. The highest BCUT2D eigenvalue weighted by atomic mass is 32.1. The molecule has 1 aromatic carbocycles. The number of amides is 1. The van der Waals surface area contributed by atoms with E-state index in [0.717, 1.165) is 0 Å². The number of halogens is 1. The molecule has 0 aromatic heterocycles. The van der Waals surface area contributed by atoms with E-state index in [9.17, 15) is 9.18 Å². The fraction of sp³-hybridized carbons (Fsp3) is 0.500. The Morgan fingerprint density at radius 1 is 1.38 bits per heavy atom. The third-order valence-corrected chi connectivity index (χ3v) is 4.74. The van der Waals surface area contributed by atoms with Crippen LogP contribution in [0.2, 0.25) is 0 Å². The van der Waals surface area contributed by atoms with Crippen molar-refractivity contribution in [1.29, 1.82) is 0 Å². The molecule has 0 saturated carbocycles. The quantitative estimate of drug-likeness (QED) is 0.819. The lowest BCUT2D eigenvalue weighted by Gasteiger charge is -2.36. The van der Waals surface area contributed by atoms with E-state index in [2.05, 4.69) is 0 Å². The molecule has 0 bridgehead atoms. The Morgan fingerprint density at radius 3 is 2.33 bits per heavy atom. The summed E-state index contributed by atoms with van der Waals surface area (Å²) in [6.45, 7) is 5.58. The van der Waals surface area contributed by atoms with E-state index in [4.69, 9.17) is 18.0 Å². The molecule has 0 spiro atoms. The Labute approximate surface area is 131 Å². The molecule has 0 heterocycles. The van der Waals surface area contributed by atoms with Gasteiger partial charge in [0, 0.05) is 12.6 Å². The van der Waals surface area contributed by atoms with Crippen molar-refractivity contribution in [3.8, 4) is 0 Å². The van der Waals surface area contributed by atoms with Crippen molar-refractivity contribution in [2.45, 2.75) is 39.7 Å². The van der Waals surface area contributed by atoms with Gasteiger partial charge >= 0.3 is 0 Å². The summed E-state index contributed by atoms with van der Waals surface area (Å²) in [6, 6.07) is 6.08. The predicted molar refractivity (Wildman–Crippen MR) is 87.4 cm³/mol. The molecule has 5 heteroatoms. The van der Waals surface area contributed by atoms with Gasteiger partial charge < -0.3 is 10.6 Å². The zero-order valence-corrected chi connectivity index (χ0v) is 13.8. The molecule has 0 fully saturated rings. The zero-order valence-electron chi connectivity index (χ0n) is 13.0. The molecule has 0 radical (unpaired) electrons. The van der Waals surface area contributed by atoms with Crippen LogP contribution >= 0.6 is 12.2 Å². The zero-order chi connectivity index (χ0) is 16.2. The first-order valence-electron chi connectivity index (χ1n) is 7.13. The van der Waals surface area contributed by atoms with Gasteiger partial charge in [0.2, 0.25) is 5.91 Å². The molecular formula is C16H23FN2OS. The third-order valence-electron chi connectivity index (χ3n) is 4.34. The van der Waals surface area contributed by atoms with Gasteiger partial charge in [-0.25, -0.2) is 4.39 Å². The molecule has 1 unspecified atom stereocenters. The molecule has 116 valence electrons. The second kappa shape index (κ2) is 6.98. The number of nitrogens with two attached hydrogens (primary N) is 1. The van der Waals surface area contributed by atoms with Gasteiger partial charge in [-0.3, -0.25) is 4.79 Å². The van der Waals surface area contributed by atoms with Gasteiger partial charge in [-0.2, -0.15) is 0 Å². The highest BCUT2D eigenvalue weighted by molar-refractivity contribution is 7.80. The van der Waals surface area contributed by atoms with Gasteiger partial charge in [-0.05, 0) is 25.8 Å². The first kappa shape index (κ1) is 17.6. The van der Waals surface area contributed by atoms with Gasteiger partial charge in [0.15, 0.2) is 0 Å². The summed E-state index contributed by atoms with van der Waals surface area (Å²) in [5.74, 6) is -0.477. The van der Waals surface area contributed by atoms with Crippen LogP contribution in [0.25, 0.3) is 0 Å². The summed E-state index contributed by atoms with van der Waals surface area (Å²) in [4.78, 5) is 14.6. The maximum Gasteiger partial charge on any atom is 0.235 e. The molecule has 21 heavy (non-hydrogen) atoms. The number of carbonyl (C=O) groups is 1. The van der Waals surface area contributed by atoms with Crippen molar-refractivity contribution in [2.24, 2.45) is 11.1 Å². The monoisotopic (exact) mass is 310 g/mol. The van der Waals surface area contributed by atoms with E-state index in [0.29, 0.717) is 18.4 Å². The fourth-order valence-electron chi connectivity index (χ4n) is 2.54. The van der Waals surface area contributed by atoms with Crippen molar-refractivity contribution >= 4 is 23.1 Å². The van der Waals surface area contributed by atoms with Crippen LogP contribution in [-0.4, -0.2) is 22.8 Å². The molecule has 0 saturated heterocycles. The summed E-state index contributed by atoms with van der Waals surface area (Å²) >= 11 is 5.11. The first-order valence-corrected chi connectivity index (χ1v) is 7.54. The Kier molecular flexibility index (Phi) is 5.84. The van der Waals surface area contributed by atoms with Gasteiger partial charge in [-0.1, -0.05) is 44.3 Å². The van der Waals surface area contributed by atoms with Crippen LogP contribution in [0.15, 0.2) is 24.3 Å². The van der Waals surface area contributed by atoms with Crippen LogP contribution in [-0.2, 0) is 4.79 Å². The van der Waals surface area contributed by atoms with Crippen molar-refractivity contribution in [1.82, 2.24) is 4.90 Å². The fourth-order valence-corrected chi connectivity index (χ4v) is 2.92. The number of hydrogen-bond donors (Lipinski definition) is 1. The standard InChI is InChI=1S/C16H23FN2OS/c1-5-16(6-2,14(18)21)15(20)19(4)11(3)12-9-7-8-10-13(12)17/h7-11H,5-6H2,1-4H3,(H2,18,21). The molecule has 1 atom stereocenters. The van der Waals surface area contributed by atoms with E-state index in [1.165, 1.54) is 11.0 Å². The van der Waals surface area contributed by atoms with Gasteiger partial charge in [0.25, 0.3) is 0 Å². The number of benzene rings is 1. The molecule has 3 nitrogen and oxygen atoms in total. The van der Waals surface area contributed by atoms with Crippen LogP contribution in [0, 0.1) is 11.2 Å². The first-order chi connectivity index (χ1) is 9.81. The van der Waals surface area contributed by atoms with Gasteiger partial charge in [0.05, 0.1) is 16.4 Å². The maximum atomic E-state index is 13.9. The minimum atomic E-state index is -0.858. The van der Waals surface area contributed by atoms with Crippen LogP contribution in [0.5, 0.6) is 0 Å². The third kappa shape index (κ3) is 3.23. The summed E-state index contributed by atoms with van der Waals surface area (Å²) in [6.07, 6.45) is 1.07. The predicted octanol–water partition coefficient (Wildman–Crippen LogP) is 3.44. The second-order valence-electron chi connectivity index (χ2n) is 5.27. The van der Waals surface area contributed by atoms with Gasteiger partial charge in [0.1, 0.15) is 5.82 Å². The molecule has 1 aromatic rings. The van der Waals surface area contributed by atoms with Crippen molar-refractivity contribution in [2.75, 3.05) is 7.05 Å². The van der Waals surface area contributed by atoms with E-state index >= 15 is 0 Å². The topological polar surface area (TPSA) is 46.3 Å². The van der Waals surface area contributed by atoms with Gasteiger partial charge in [-0.15, -0.1) is 0 Å². The number of hydrogen-bond acceptors (Lipinski definition) is 2. The van der Waals surface area contributed by atoms with Crippen LogP contribution in [0.3, 0.4) is 0 Å². The average Bonchev–Trinajstić information content (AvgIpc) is 2.47. The molecular weight excluding hydrogens is 287 g/mol. The van der Waals surface area contributed by atoms with Crippen LogP contribution < -0.4 is 5.73 Å². The minimum absolute atomic E-state index is 0.157. The minimum Gasteiger partial charge on any atom is -0.392 e. The lowest BCUT2D eigenvalue weighted by molar-refractivity contribution is -0.139. The molecule has 1 rings (SSSR count). The highest BCUT2D eigenvalue weighted by Crippen LogP contribution is 2.33. The molecule has 1 amide bonds. The number of rotatable bonds is 6. The van der Waals surface area contributed by atoms with Crippen molar-refractivity contribution < 1.29 is 9.18 Å². The lowest BCUT2D eigenvalue weighted by atomic mass is 9.80. The maximum absolute atomic E-state index is 13.9. The van der Waals surface area contributed by atoms with E-state index < -0.39 is 5.41 Å². The molecule has 0 aliphatic heterocycles. The summed E-state index contributed by atoms with van der Waals surface area (Å²) in [5, 5.41) is 0. The van der Waals surface area contributed by atoms with Crippen LogP contribution in [0.4, 0.5) is 4.39 Å².